The number of fused-ring (bicyclic) bond motifs is 1. The molecule has 174 valence electrons. The number of nitrogens with zero attached hydrogens (tertiary/aromatic N) is 2. The fraction of sp³-hybridized carbons (Fsp3) is 0.625. The van der Waals surface area contributed by atoms with Crippen LogP contribution in [-0.4, -0.2) is 58.6 Å². The van der Waals surface area contributed by atoms with Gasteiger partial charge in [-0.25, -0.2) is 0 Å². The second-order valence-electron chi connectivity index (χ2n) is 10.3. The number of allylic oxidation sites excluding steroid dienone is 3. The standard InChI is InChI=1S/C24H32ClN3O3S/c1-24(2,3)14-5-8-16(9-6-14)32-26-18-11-10-17(25)20-21(18)23(31)28(22(20)30)15-7-12-19(29)27(4)13-15/h7-8,10-12,14-15,17-18,20-21,26H,5-6,9,13H2,1-4H3/t14-,15?,17-,18+,20?,21?/m0/s1. The van der Waals surface area contributed by atoms with Gasteiger partial charge in [-0.3, -0.25) is 24.0 Å². The van der Waals surface area contributed by atoms with E-state index in [0.717, 1.165) is 19.3 Å². The predicted octanol–water partition coefficient (Wildman–Crippen LogP) is 3.50. The van der Waals surface area contributed by atoms with E-state index in [2.05, 4.69) is 31.6 Å². The first kappa shape index (κ1) is 23.6. The molecule has 0 aromatic carbocycles. The van der Waals surface area contributed by atoms with Gasteiger partial charge in [-0.2, -0.15) is 0 Å². The molecule has 32 heavy (non-hydrogen) atoms. The van der Waals surface area contributed by atoms with E-state index in [4.69, 9.17) is 11.6 Å². The highest BCUT2D eigenvalue weighted by molar-refractivity contribution is 8.01. The van der Waals surface area contributed by atoms with Gasteiger partial charge in [0.05, 0.1) is 23.3 Å². The zero-order valence-electron chi connectivity index (χ0n) is 19.1. The van der Waals surface area contributed by atoms with E-state index in [9.17, 15) is 14.4 Å². The van der Waals surface area contributed by atoms with Crippen LogP contribution in [0, 0.1) is 23.2 Å². The van der Waals surface area contributed by atoms with Crippen molar-refractivity contribution in [3.63, 3.8) is 0 Å². The Morgan fingerprint density at radius 3 is 2.44 bits per heavy atom. The molecule has 4 aliphatic rings. The topological polar surface area (TPSA) is 69.7 Å². The molecule has 0 saturated carbocycles. The van der Waals surface area contributed by atoms with Crippen LogP contribution < -0.4 is 4.72 Å². The summed E-state index contributed by atoms with van der Waals surface area (Å²) in [5, 5.41) is -0.516. The minimum Gasteiger partial charge on any atom is -0.340 e. The predicted molar refractivity (Wildman–Crippen MR) is 128 cm³/mol. The first-order chi connectivity index (χ1) is 15.1. The van der Waals surface area contributed by atoms with E-state index >= 15 is 0 Å². The van der Waals surface area contributed by atoms with Gasteiger partial charge in [-0.1, -0.05) is 45.1 Å². The molecule has 0 aromatic heterocycles. The number of hydrogen-bond acceptors (Lipinski definition) is 5. The lowest BCUT2D eigenvalue weighted by atomic mass is 9.74. The van der Waals surface area contributed by atoms with Crippen molar-refractivity contribution in [1.29, 1.82) is 0 Å². The number of nitrogens with one attached hydrogen (secondary N) is 1. The lowest BCUT2D eigenvalue weighted by Gasteiger charge is -2.34. The van der Waals surface area contributed by atoms with Gasteiger partial charge in [-0.15, -0.1) is 11.6 Å². The summed E-state index contributed by atoms with van der Waals surface area (Å²) in [6.07, 6.45) is 12.4. The number of hydrogen-bond donors (Lipinski definition) is 1. The molecule has 1 fully saturated rings. The molecule has 1 saturated heterocycles. The fourth-order valence-electron chi connectivity index (χ4n) is 5.11. The Balaban J connectivity index is 1.46. The monoisotopic (exact) mass is 477 g/mol. The summed E-state index contributed by atoms with van der Waals surface area (Å²) in [5.74, 6) is -1.03. The third-order valence-electron chi connectivity index (χ3n) is 7.21. The summed E-state index contributed by atoms with van der Waals surface area (Å²) in [7, 11) is 1.67. The zero-order chi connectivity index (χ0) is 23.2. The quantitative estimate of drug-likeness (QED) is 0.290. The molecule has 6 nitrogen and oxygen atoms in total. The second-order valence-corrected chi connectivity index (χ2v) is 11.8. The van der Waals surface area contributed by atoms with Gasteiger partial charge in [0, 0.05) is 25.7 Å². The van der Waals surface area contributed by atoms with E-state index in [-0.39, 0.29) is 23.8 Å². The molecular weight excluding hydrogens is 446 g/mol. The number of likely N-dealkylation sites (N-methyl/N-ethyl adjacent to an activating group) is 1. The Labute approximate surface area is 199 Å². The molecule has 2 aliphatic carbocycles. The average molecular weight is 478 g/mol. The lowest BCUT2D eigenvalue weighted by molar-refractivity contribution is -0.143. The SMILES string of the molecule is CN1CC(N2C(=O)C3C(C2=O)[C@H](NSC2=CC[C@H](C(C)(C)C)CC2)C=C[C@@H]3Cl)C=CC1=O. The molecule has 4 rings (SSSR count). The number of carbonyl (C=O) groups excluding carboxylic acids is 3. The third kappa shape index (κ3) is 4.44. The Kier molecular flexibility index (Phi) is 6.63. The summed E-state index contributed by atoms with van der Waals surface area (Å²) in [6.45, 7) is 7.19. The minimum absolute atomic E-state index is 0.125. The van der Waals surface area contributed by atoms with Gasteiger partial charge in [0.25, 0.3) is 0 Å². The van der Waals surface area contributed by atoms with Crippen LogP contribution >= 0.6 is 23.5 Å². The Bertz CT molecular complexity index is 893. The fourth-order valence-corrected chi connectivity index (χ4v) is 6.37. The van der Waals surface area contributed by atoms with Gasteiger partial charge in [-0.05, 0) is 47.4 Å². The van der Waals surface area contributed by atoms with Crippen molar-refractivity contribution in [2.75, 3.05) is 13.6 Å². The second kappa shape index (κ2) is 8.99. The van der Waals surface area contributed by atoms with Crippen LogP contribution in [0.4, 0.5) is 0 Å². The first-order valence-electron chi connectivity index (χ1n) is 11.3. The smallest absolute Gasteiger partial charge is 0.246 e. The summed E-state index contributed by atoms with van der Waals surface area (Å²) >= 11 is 8.07. The van der Waals surface area contributed by atoms with Gasteiger partial charge in [0.2, 0.25) is 17.7 Å². The highest BCUT2D eigenvalue weighted by Gasteiger charge is 2.56. The summed E-state index contributed by atoms with van der Waals surface area (Å²) < 4.78 is 3.45. The number of rotatable bonds is 4. The Morgan fingerprint density at radius 2 is 1.81 bits per heavy atom. The van der Waals surface area contributed by atoms with E-state index < -0.39 is 23.3 Å². The van der Waals surface area contributed by atoms with E-state index in [1.807, 2.05) is 12.2 Å². The van der Waals surface area contributed by atoms with Crippen LogP contribution in [0.1, 0.15) is 40.0 Å². The average Bonchev–Trinajstić information content (AvgIpc) is 3.01. The molecule has 0 bridgehead atoms. The maximum atomic E-state index is 13.4. The van der Waals surface area contributed by atoms with E-state index in [1.165, 1.54) is 20.8 Å². The van der Waals surface area contributed by atoms with Gasteiger partial charge in [0.1, 0.15) is 0 Å². The number of likely N-dealkylation sites (tertiary alicyclic amines) is 1. The van der Waals surface area contributed by atoms with Gasteiger partial charge < -0.3 is 4.90 Å². The number of halogens is 1. The molecule has 0 spiro atoms. The van der Waals surface area contributed by atoms with Crippen LogP contribution in [0.25, 0.3) is 0 Å². The highest BCUT2D eigenvalue weighted by atomic mass is 35.5. The number of carbonyl (C=O) groups is 3. The van der Waals surface area contributed by atoms with Crippen LogP contribution in [0.2, 0.25) is 0 Å². The van der Waals surface area contributed by atoms with Crippen molar-refractivity contribution in [2.45, 2.75) is 57.5 Å². The van der Waals surface area contributed by atoms with Crippen LogP contribution in [0.3, 0.4) is 0 Å². The molecular formula is C24H32ClN3O3S. The minimum atomic E-state index is -0.589. The molecule has 3 amide bonds. The molecule has 2 heterocycles. The Morgan fingerprint density at radius 1 is 1.09 bits per heavy atom. The van der Waals surface area contributed by atoms with Crippen molar-refractivity contribution in [1.82, 2.24) is 14.5 Å². The maximum absolute atomic E-state index is 13.4. The third-order valence-corrected chi connectivity index (χ3v) is 8.65. The molecule has 0 radical (unpaired) electrons. The molecule has 2 aliphatic heterocycles. The summed E-state index contributed by atoms with van der Waals surface area (Å²) in [5.41, 5.74) is 0.307. The van der Waals surface area contributed by atoms with Crippen molar-refractivity contribution in [3.05, 3.63) is 35.3 Å². The molecule has 6 atom stereocenters. The van der Waals surface area contributed by atoms with Crippen LogP contribution in [0.5, 0.6) is 0 Å². The Hall–Kier alpha value is -1.57. The van der Waals surface area contributed by atoms with E-state index in [1.54, 1.807) is 25.1 Å². The van der Waals surface area contributed by atoms with Crippen molar-refractivity contribution < 1.29 is 14.4 Å². The molecule has 3 unspecified atom stereocenters. The molecule has 1 N–H and O–H groups in total. The van der Waals surface area contributed by atoms with Crippen LogP contribution in [0.15, 0.2) is 35.3 Å². The molecule has 0 aromatic rings. The zero-order valence-corrected chi connectivity index (χ0v) is 20.7. The van der Waals surface area contributed by atoms with E-state index in [0.29, 0.717) is 17.9 Å². The molecule has 8 heteroatoms. The first-order valence-corrected chi connectivity index (χ1v) is 12.6. The number of alkyl halides is 1. The van der Waals surface area contributed by atoms with Crippen molar-refractivity contribution in [2.24, 2.45) is 23.2 Å². The van der Waals surface area contributed by atoms with Crippen molar-refractivity contribution in [3.8, 4) is 0 Å². The highest BCUT2D eigenvalue weighted by Crippen LogP contribution is 2.42. The van der Waals surface area contributed by atoms with Gasteiger partial charge in [0.15, 0.2) is 0 Å². The summed E-state index contributed by atoms with van der Waals surface area (Å²) in [4.78, 5) is 42.6. The lowest BCUT2D eigenvalue weighted by Crippen LogP contribution is -2.49. The largest absolute Gasteiger partial charge is 0.340 e. The van der Waals surface area contributed by atoms with Crippen molar-refractivity contribution >= 4 is 41.3 Å². The summed E-state index contributed by atoms with van der Waals surface area (Å²) in [6, 6.07) is -0.717. The normalized spacial score (nSPS) is 35.4. The van der Waals surface area contributed by atoms with Crippen LogP contribution in [-0.2, 0) is 14.4 Å². The maximum Gasteiger partial charge on any atom is 0.246 e. The number of amides is 3. The van der Waals surface area contributed by atoms with Gasteiger partial charge >= 0.3 is 0 Å². The number of imide groups is 1.